The second-order valence-electron chi connectivity index (χ2n) is 5.87. The summed E-state index contributed by atoms with van der Waals surface area (Å²) in [6.45, 7) is 3.56. The summed E-state index contributed by atoms with van der Waals surface area (Å²) in [4.78, 5) is 11.3. The fraction of sp³-hybridized carbons (Fsp3) is 0.615. The third-order valence-corrected chi connectivity index (χ3v) is 4.26. The van der Waals surface area contributed by atoms with Crippen molar-refractivity contribution >= 4 is 23.4 Å². The van der Waals surface area contributed by atoms with Crippen LogP contribution in [0.15, 0.2) is 12.7 Å². The Bertz CT molecular complexity index is 773. The van der Waals surface area contributed by atoms with Gasteiger partial charge in [-0.2, -0.15) is 0 Å². The van der Waals surface area contributed by atoms with Gasteiger partial charge in [0.1, 0.15) is 29.5 Å². The highest BCUT2D eigenvalue weighted by Gasteiger charge is 2.55. The van der Waals surface area contributed by atoms with Crippen LogP contribution in [0.1, 0.15) is 20.1 Å². The molecule has 2 aromatic rings. The highest BCUT2D eigenvalue weighted by molar-refractivity contribution is 7.71. The Hall–Kier alpha value is -1.39. The first-order chi connectivity index (χ1) is 10.5. The smallest absolute Gasteiger partial charge is 0.166 e. The second-order valence-corrected chi connectivity index (χ2v) is 6.26. The molecule has 2 saturated heterocycles. The molecule has 2 fully saturated rings. The van der Waals surface area contributed by atoms with Gasteiger partial charge in [-0.1, -0.05) is 12.2 Å². The minimum absolute atomic E-state index is 0.138. The molecular weight excluding hydrogens is 308 g/mol. The van der Waals surface area contributed by atoms with E-state index in [-0.39, 0.29) is 18.8 Å². The van der Waals surface area contributed by atoms with Crippen molar-refractivity contribution in [3.05, 3.63) is 17.3 Å². The van der Waals surface area contributed by atoms with Gasteiger partial charge in [0, 0.05) is 0 Å². The predicted octanol–water partition coefficient (Wildman–Crippen LogP) is 0.899. The fourth-order valence-corrected chi connectivity index (χ4v) is 3.30. The van der Waals surface area contributed by atoms with E-state index >= 15 is 0 Å². The largest absolute Gasteiger partial charge is 0.394 e. The molecule has 4 heterocycles. The van der Waals surface area contributed by atoms with Crippen LogP contribution in [0.5, 0.6) is 0 Å². The van der Waals surface area contributed by atoms with Crippen LogP contribution in [0.2, 0.25) is 0 Å². The van der Waals surface area contributed by atoms with E-state index in [1.54, 1.807) is 6.33 Å². The van der Waals surface area contributed by atoms with Crippen molar-refractivity contribution < 1.29 is 19.3 Å². The monoisotopic (exact) mass is 324 g/mol. The van der Waals surface area contributed by atoms with E-state index in [0.29, 0.717) is 15.8 Å². The van der Waals surface area contributed by atoms with Crippen molar-refractivity contribution in [1.29, 1.82) is 0 Å². The zero-order valence-corrected chi connectivity index (χ0v) is 12.9. The zero-order valence-electron chi connectivity index (χ0n) is 12.1. The van der Waals surface area contributed by atoms with Crippen molar-refractivity contribution in [3.63, 3.8) is 0 Å². The molecule has 9 heteroatoms. The number of nitrogens with zero attached hydrogens (tertiary/aromatic N) is 3. The van der Waals surface area contributed by atoms with Gasteiger partial charge in [0.05, 0.1) is 19.3 Å². The lowest BCUT2D eigenvalue weighted by Gasteiger charge is -2.24. The van der Waals surface area contributed by atoms with E-state index in [1.165, 1.54) is 6.33 Å². The van der Waals surface area contributed by atoms with Crippen molar-refractivity contribution in [2.24, 2.45) is 0 Å². The number of nitrogens with one attached hydrogen (secondary N) is 1. The highest BCUT2D eigenvalue weighted by Crippen LogP contribution is 2.43. The maximum atomic E-state index is 9.54. The summed E-state index contributed by atoms with van der Waals surface area (Å²) in [5, 5.41) is 9.54. The van der Waals surface area contributed by atoms with E-state index in [2.05, 4.69) is 15.0 Å². The molecule has 2 aromatic heterocycles. The molecule has 4 atom stereocenters. The Morgan fingerprint density at radius 3 is 2.91 bits per heavy atom. The van der Waals surface area contributed by atoms with Crippen LogP contribution >= 0.6 is 12.2 Å². The van der Waals surface area contributed by atoms with E-state index in [0.717, 1.165) is 0 Å². The molecule has 22 heavy (non-hydrogen) atoms. The van der Waals surface area contributed by atoms with Gasteiger partial charge in [0.25, 0.3) is 0 Å². The van der Waals surface area contributed by atoms with Gasteiger partial charge in [0.15, 0.2) is 16.7 Å². The highest BCUT2D eigenvalue weighted by atomic mass is 32.1. The SMILES string of the molecule is CC1(C)OC2C(CO)O[C@@H](n3cnc4c(=S)nc[nH]c43)C2O1. The lowest BCUT2D eigenvalue weighted by molar-refractivity contribution is -0.199. The van der Waals surface area contributed by atoms with Crippen LogP contribution < -0.4 is 0 Å². The molecule has 8 nitrogen and oxygen atoms in total. The third kappa shape index (κ3) is 2.01. The van der Waals surface area contributed by atoms with Gasteiger partial charge >= 0.3 is 0 Å². The van der Waals surface area contributed by atoms with Crippen molar-refractivity contribution in [2.45, 2.75) is 44.2 Å². The van der Waals surface area contributed by atoms with Crippen LogP contribution in [0.3, 0.4) is 0 Å². The number of hydrogen-bond donors (Lipinski definition) is 2. The number of imidazole rings is 1. The zero-order chi connectivity index (χ0) is 15.5. The Labute approximate surface area is 131 Å². The van der Waals surface area contributed by atoms with Crippen molar-refractivity contribution in [2.75, 3.05) is 6.61 Å². The Balaban J connectivity index is 1.78. The van der Waals surface area contributed by atoms with Gasteiger partial charge in [-0.05, 0) is 13.8 Å². The molecule has 0 bridgehead atoms. The topological polar surface area (TPSA) is 94.4 Å². The average molecular weight is 324 g/mol. The molecule has 0 amide bonds. The number of fused-ring (bicyclic) bond motifs is 2. The summed E-state index contributed by atoms with van der Waals surface area (Å²) in [7, 11) is 0. The molecule has 3 unspecified atom stereocenters. The number of aliphatic hydroxyl groups excluding tert-OH is 1. The Kier molecular flexibility index (Phi) is 3.10. The average Bonchev–Trinajstić information content (AvgIpc) is 3.10. The molecular formula is C13H16N4O4S. The quantitative estimate of drug-likeness (QED) is 0.793. The fourth-order valence-electron chi connectivity index (χ4n) is 3.10. The molecule has 0 spiro atoms. The van der Waals surface area contributed by atoms with Gasteiger partial charge in [-0.25, -0.2) is 9.97 Å². The molecule has 0 aromatic carbocycles. The summed E-state index contributed by atoms with van der Waals surface area (Å²) in [5.41, 5.74) is 1.30. The molecule has 2 aliphatic rings. The lowest BCUT2D eigenvalue weighted by Crippen LogP contribution is -2.31. The number of rotatable bonds is 2. The Morgan fingerprint density at radius 1 is 1.36 bits per heavy atom. The maximum Gasteiger partial charge on any atom is 0.166 e. The molecule has 0 saturated carbocycles. The van der Waals surface area contributed by atoms with Crippen LogP contribution in [-0.4, -0.2) is 55.3 Å². The number of aromatic nitrogens is 4. The number of hydrogen-bond acceptors (Lipinski definition) is 7. The molecule has 2 N–H and O–H groups in total. The summed E-state index contributed by atoms with van der Waals surface area (Å²) in [5.74, 6) is -0.713. The van der Waals surface area contributed by atoms with Gasteiger partial charge in [-0.3, -0.25) is 4.57 Å². The molecule has 118 valence electrons. The first kappa shape index (κ1) is 14.2. The molecule has 4 rings (SSSR count). The first-order valence-corrected chi connectivity index (χ1v) is 7.43. The minimum atomic E-state index is -0.713. The number of aliphatic hydroxyl groups is 1. The van der Waals surface area contributed by atoms with E-state index in [4.69, 9.17) is 26.4 Å². The summed E-state index contributed by atoms with van der Waals surface area (Å²) in [6, 6.07) is 0. The predicted molar refractivity (Wildman–Crippen MR) is 77.5 cm³/mol. The van der Waals surface area contributed by atoms with Crippen molar-refractivity contribution in [3.8, 4) is 0 Å². The Morgan fingerprint density at radius 2 is 2.14 bits per heavy atom. The number of ether oxygens (including phenoxy) is 3. The van der Waals surface area contributed by atoms with Gasteiger partial charge in [0.2, 0.25) is 0 Å². The maximum absolute atomic E-state index is 9.54. The first-order valence-electron chi connectivity index (χ1n) is 7.02. The summed E-state index contributed by atoms with van der Waals surface area (Å²) >= 11 is 5.17. The van der Waals surface area contributed by atoms with Crippen LogP contribution in [0.25, 0.3) is 11.2 Å². The standard InChI is InChI=1S/C13H16N4O4S/c1-13(2)20-8-6(3-18)19-12(9(8)21-13)17-5-16-7-10(17)14-4-15-11(7)22/h4-6,8-9,12,18H,3H2,1-2H3,(H,14,15,22)/t6?,8?,9?,12-/m1/s1. The van der Waals surface area contributed by atoms with E-state index in [1.807, 2.05) is 18.4 Å². The molecule has 0 aliphatic carbocycles. The number of H-pyrrole nitrogens is 1. The lowest BCUT2D eigenvalue weighted by atomic mass is 10.1. The second kappa shape index (κ2) is 4.80. The minimum Gasteiger partial charge on any atom is -0.394 e. The number of aromatic amines is 1. The normalized spacial score (nSPS) is 33.4. The van der Waals surface area contributed by atoms with Crippen LogP contribution in [0, 0.1) is 4.64 Å². The summed E-state index contributed by atoms with van der Waals surface area (Å²) in [6.07, 6.45) is 1.59. The summed E-state index contributed by atoms with van der Waals surface area (Å²) < 4.78 is 20.0. The van der Waals surface area contributed by atoms with E-state index < -0.39 is 18.1 Å². The molecule has 0 radical (unpaired) electrons. The third-order valence-electron chi connectivity index (χ3n) is 3.96. The van der Waals surface area contributed by atoms with Gasteiger partial charge < -0.3 is 24.3 Å². The van der Waals surface area contributed by atoms with E-state index in [9.17, 15) is 5.11 Å². The molecule has 2 aliphatic heterocycles. The van der Waals surface area contributed by atoms with Gasteiger partial charge in [-0.15, -0.1) is 0 Å². The van der Waals surface area contributed by atoms with Crippen LogP contribution in [0.4, 0.5) is 0 Å². The van der Waals surface area contributed by atoms with Crippen LogP contribution in [-0.2, 0) is 14.2 Å². The van der Waals surface area contributed by atoms with Crippen molar-refractivity contribution in [1.82, 2.24) is 19.5 Å².